The van der Waals surface area contributed by atoms with Crippen LogP contribution in [0.5, 0.6) is 0 Å². The van der Waals surface area contributed by atoms with Crippen LogP contribution in [0.3, 0.4) is 0 Å². The highest BCUT2D eigenvalue weighted by atomic mass is 79.9. The van der Waals surface area contributed by atoms with Gasteiger partial charge in [-0.1, -0.05) is 58.4 Å². The molecule has 0 amide bonds. The molecule has 0 N–H and O–H groups in total. The number of halogens is 1. The van der Waals surface area contributed by atoms with Crippen molar-refractivity contribution in [1.29, 1.82) is 0 Å². The van der Waals surface area contributed by atoms with Crippen molar-refractivity contribution in [2.24, 2.45) is 0 Å². The van der Waals surface area contributed by atoms with Crippen LogP contribution in [0.2, 0.25) is 0 Å². The lowest BCUT2D eigenvalue weighted by Crippen LogP contribution is -1.95. The molecule has 0 radical (unpaired) electrons. The van der Waals surface area contributed by atoms with E-state index in [1.807, 2.05) is 53.3 Å². The largest absolute Gasteiger partial charge is 0.236 e. The van der Waals surface area contributed by atoms with E-state index in [0.717, 1.165) is 32.5 Å². The smallest absolute Gasteiger partial charge is 0.163 e. The van der Waals surface area contributed by atoms with Gasteiger partial charge in [0, 0.05) is 21.8 Å². The van der Waals surface area contributed by atoms with Gasteiger partial charge in [0.25, 0.3) is 0 Å². The summed E-state index contributed by atoms with van der Waals surface area (Å²) in [6.07, 6.45) is 3.71. The highest BCUT2D eigenvalue weighted by Crippen LogP contribution is 2.27. The fraction of sp³-hybridized carbons (Fsp3) is 0. The first-order valence-electron chi connectivity index (χ1n) is 6.97. The number of rotatable bonds is 2. The van der Waals surface area contributed by atoms with Gasteiger partial charge in [0.2, 0.25) is 0 Å². The first-order chi connectivity index (χ1) is 10.8. The molecule has 3 nitrogen and oxygen atoms in total. The molecule has 0 atom stereocenters. The van der Waals surface area contributed by atoms with Crippen molar-refractivity contribution < 1.29 is 0 Å². The van der Waals surface area contributed by atoms with Crippen molar-refractivity contribution in [3.8, 4) is 22.4 Å². The van der Waals surface area contributed by atoms with Crippen molar-refractivity contribution >= 4 is 21.6 Å². The zero-order chi connectivity index (χ0) is 14.9. The minimum absolute atomic E-state index is 0.867. The van der Waals surface area contributed by atoms with E-state index in [4.69, 9.17) is 0 Å². The third-order valence-corrected chi connectivity index (χ3v) is 4.15. The zero-order valence-corrected chi connectivity index (χ0v) is 13.2. The zero-order valence-electron chi connectivity index (χ0n) is 11.6. The first-order valence-corrected chi connectivity index (χ1v) is 7.76. The molecule has 4 heteroatoms. The molecule has 0 unspecified atom stereocenters. The van der Waals surface area contributed by atoms with E-state index in [-0.39, 0.29) is 0 Å². The minimum atomic E-state index is 0.867. The van der Waals surface area contributed by atoms with Crippen molar-refractivity contribution in [3.63, 3.8) is 0 Å². The second-order valence-corrected chi connectivity index (χ2v) is 5.91. The molecule has 0 spiro atoms. The number of nitrogens with zero attached hydrogens (tertiary/aromatic N) is 3. The van der Waals surface area contributed by atoms with Crippen LogP contribution < -0.4 is 0 Å². The maximum atomic E-state index is 4.54. The number of fused-ring (bicyclic) bond motifs is 1. The molecule has 4 rings (SSSR count). The van der Waals surface area contributed by atoms with E-state index in [1.54, 1.807) is 0 Å². The summed E-state index contributed by atoms with van der Waals surface area (Å²) in [6, 6.07) is 20.4. The number of benzene rings is 2. The summed E-state index contributed by atoms with van der Waals surface area (Å²) in [5.74, 6) is 0. The molecular weight excluding hydrogens is 338 g/mol. The molecule has 22 heavy (non-hydrogen) atoms. The van der Waals surface area contributed by atoms with Gasteiger partial charge in [-0.3, -0.25) is 0 Å². The van der Waals surface area contributed by atoms with Gasteiger partial charge in [-0.25, -0.2) is 9.50 Å². The lowest BCUT2D eigenvalue weighted by Gasteiger charge is -2.05. The van der Waals surface area contributed by atoms with E-state index in [0.29, 0.717) is 0 Å². The van der Waals surface area contributed by atoms with Crippen LogP contribution in [-0.2, 0) is 0 Å². The fourth-order valence-corrected chi connectivity index (χ4v) is 2.82. The molecule has 0 bridgehead atoms. The van der Waals surface area contributed by atoms with Crippen LogP contribution in [0.4, 0.5) is 0 Å². The van der Waals surface area contributed by atoms with Crippen molar-refractivity contribution in [2.45, 2.75) is 0 Å². The van der Waals surface area contributed by atoms with Crippen LogP contribution in [0, 0.1) is 0 Å². The third-order valence-electron chi connectivity index (χ3n) is 3.63. The van der Waals surface area contributed by atoms with Crippen LogP contribution in [0.1, 0.15) is 0 Å². The van der Waals surface area contributed by atoms with Gasteiger partial charge >= 0.3 is 0 Å². The Kier molecular flexibility index (Phi) is 3.24. The summed E-state index contributed by atoms with van der Waals surface area (Å²) in [5.41, 5.74) is 5.17. The van der Waals surface area contributed by atoms with Crippen molar-refractivity contribution in [2.75, 3.05) is 0 Å². The summed E-state index contributed by atoms with van der Waals surface area (Å²) in [6.45, 7) is 0. The first kappa shape index (κ1) is 13.2. The quantitative estimate of drug-likeness (QED) is 0.519. The van der Waals surface area contributed by atoms with Gasteiger partial charge in [-0.05, 0) is 23.8 Å². The molecule has 0 aliphatic rings. The number of hydrogen-bond acceptors (Lipinski definition) is 2. The minimum Gasteiger partial charge on any atom is -0.236 e. The predicted molar refractivity (Wildman–Crippen MR) is 91.6 cm³/mol. The molecule has 2 heterocycles. The SMILES string of the molecule is Brc1ccc(-c2ccnc3c(-c4ccccc4)cnn23)cc1. The van der Waals surface area contributed by atoms with Crippen molar-refractivity contribution in [3.05, 3.63) is 77.5 Å². The Hall–Kier alpha value is -2.46. The summed E-state index contributed by atoms with van der Waals surface area (Å²) in [7, 11) is 0. The monoisotopic (exact) mass is 349 g/mol. The Morgan fingerprint density at radius 2 is 1.59 bits per heavy atom. The van der Waals surface area contributed by atoms with Gasteiger partial charge in [0.05, 0.1) is 11.9 Å². The van der Waals surface area contributed by atoms with Gasteiger partial charge in [0.15, 0.2) is 5.65 Å². The number of aromatic nitrogens is 3. The lowest BCUT2D eigenvalue weighted by molar-refractivity contribution is 0.948. The van der Waals surface area contributed by atoms with Gasteiger partial charge in [-0.2, -0.15) is 5.10 Å². The van der Waals surface area contributed by atoms with Crippen LogP contribution in [0.15, 0.2) is 77.5 Å². The Balaban J connectivity index is 1.92. The van der Waals surface area contributed by atoms with Gasteiger partial charge < -0.3 is 0 Å². The molecule has 4 aromatic rings. The maximum absolute atomic E-state index is 4.54. The molecule has 106 valence electrons. The Morgan fingerprint density at radius 1 is 0.818 bits per heavy atom. The highest BCUT2D eigenvalue weighted by Gasteiger charge is 2.11. The van der Waals surface area contributed by atoms with Crippen LogP contribution in [-0.4, -0.2) is 14.6 Å². The van der Waals surface area contributed by atoms with Crippen LogP contribution >= 0.6 is 15.9 Å². The molecule has 0 saturated heterocycles. The molecule has 2 aromatic carbocycles. The van der Waals surface area contributed by atoms with E-state index >= 15 is 0 Å². The topological polar surface area (TPSA) is 30.2 Å². The summed E-state index contributed by atoms with van der Waals surface area (Å²) >= 11 is 3.47. The Bertz CT molecular complexity index is 928. The average molecular weight is 350 g/mol. The fourth-order valence-electron chi connectivity index (χ4n) is 2.55. The van der Waals surface area contributed by atoms with E-state index in [2.05, 4.69) is 50.3 Å². The maximum Gasteiger partial charge on any atom is 0.163 e. The normalized spacial score (nSPS) is 11.0. The molecule has 0 saturated carbocycles. The van der Waals surface area contributed by atoms with E-state index < -0.39 is 0 Å². The second kappa shape index (κ2) is 5.39. The Labute approximate surface area is 136 Å². The van der Waals surface area contributed by atoms with E-state index in [1.165, 1.54) is 0 Å². The molecule has 2 aromatic heterocycles. The average Bonchev–Trinajstić information content (AvgIpc) is 3.00. The van der Waals surface area contributed by atoms with E-state index in [9.17, 15) is 0 Å². The molecule has 0 aliphatic carbocycles. The van der Waals surface area contributed by atoms with Crippen molar-refractivity contribution in [1.82, 2.24) is 14.6 Å². The third kappa shape index (κ3) is 2.22. The summed E-state index contributed by atoms with van der Waals surface area (Å²) in [4.78, 5) is 4.51. The molecular formula is C18H12BrN3. The highest BCUT2D eigenvalue weighted by molar-refractivity contribution is 9.10. The molecule has 0 aliphatic heterocycles. The van der Waals surface area contributed by atoms with Crippen LogP contribution in [0.25, 0.3) is 28.0 Å². The molecule has 0 fully saturated rings. The summed E-state index contributed by atoms with van der Waals surface area (Å²) in [5, 5.41) is 4.54. The standard InChI is InChI=1S/C18H12BrN3/c19-15-8-6-14(7-9-15)17-10-11-20-18-16(12-21-22(17)18)13-4-2-1-3-5-13/h1-12H. The second-order valence-electron chi connectivity index (χ2n) is 5.00. The summed E-state index contributed by atoms with van der Waals surface area (Å²) < 4.78 is 2.96. The Morgan fingerprint density at radius 3 is 2.36 bits per heavy atom. The predicted octanol–water partition coefficient (Wildman–Crippen LogP) is 4.83. The van der Waals surface area contributed by atoms with Gasteiger partial charge in [-0.15, -0.1) is 0 Å². The number of hydrogen-bond donors (Lipinski definition) is 0. The van der Waals surface area contributed by atoms with Gasteiger partial charge in [0.1, 0.15) is 0 Å². The lowest BCUT2D eigenvalue weighted by atomic mass is 10.1.